The van der Waals surface area contributed by atoms with E-state index in [1.54, 1.807) is 0 Å². The van der Waals surface area contributed by atoms with E-state index in [1.807, 2.05) is 19.1 Å². The summed E-state index contributed by atoms with van der Waals surface area (Å²) in [4.78, 5) is 0. The van der Waals surface area contributed by atoms with Gasteiger partial charge in [-0.05, 0) is 31.2 Å². The molecule has 0 aromatic heterocycles. The lowest BCUT2D eigenvalue weighted by Crippen LogP contribution is -2.80. The van der Waals surface area contributed by atoms with Gasteiger partial charge >= 0.3 is 0 Å². The number of rotatable bonds is 5. The Morgan fingerprint density at radius 1 is 1.29 bits per heavy atom. The van der Waals surface area contributed by atoms with E-state index in [1.165, 1.54) is 11.3 Å². The highest BCUT2D eigenvalue weighted by molar-refractivity contribution is 5.35. The Balaban J connectivity index is 1.86. The van der Waals surface area contributed by atoms with E-state index in [0.29, 0.717) is 0 Å². The summed E-state index contributed by atoms with van der Waals surface area (Å²) in [6, 6.07) is 8.25. The van der Waals surface area contributed by atoms with Gasteiger partial charge in [0.2, 0.25) is 0 Å². The average molecular weight is 232 g/mol. The van der Waals surface area contributed by atoms with Gasteiger partial charge in [0.25, 0.3) is 0 Å². The molecule has 0 saturated carbocycles. The summed E-state index contributed by atoms with van der Waals surface area (Å²) >= 11 is 0. The highest BCUT2D eigenvalue weighted by atomic mass is 16.5. The Labute approximate surface area is 102 Å². The molecule has 3 nitrogen and oxygen atoms in total. The predicted octanol–water partition coefficient (Wildman–Crippen LogP) is 0.297. The monoisotopic (exact) mass is 232 g/mol. The van der Waals surface area contributed by atoms with Gasteiger partial charge in [-0.1, -0.05) is 0 Å². The average Bonchev–Trinajstić information content (AvgIpc) is 2.40. The molecule has 1 aromatic rings. The van der Waals surface area contributed by atoms with Crippen LogP contribution in [0.4, 0.5) is 5.69 Å². The van der Waals surface area contributed by atoms with Crippen LogP contribution in [-0.2, 0) is 0 Å². The van der Waals surface area contributed by atoms with E-state index in [0.717, 1.165) is 25.4 Å². The lowest BCUT2D eigenvalue weighted by atomic mass is 10.2. The maximum atomic E-state index is 5.41. The van der Waals surface area contributed by atoms with Crippen LogP contribution in [0.5, 0.6) is 5.75 Å². The fourth-order valence-corrected chi connectivity index (χ4v) is 1.81. The molecule has 1 aromatic carbocycles. The minimum absolute atomic E-state index is 0.719. The van der Waals surface area contributed by atoms with E-state index in [9.17, 15) is 0 Å². The molecule has 0 amide bonds. The fraction of sp³-hybridized carbons (Fsp3) is 0.286. The topological polar surface area (TPSA) is 42.5 Å². The third kappa shape index (κ3) is 3.73. The first-order chi connectivity index (χ1) is 8.38. The number of ether oxygens (including phenoxy) is 1. The van der Waals surface area contributed by atoms with Gasteiger partial charge in [0.15, 0.2) is 0 Å². The molecule has 0 bridgehead atoms. The minimum atomic E-state index is 0.719. The van der Waals surface area contributed by atoms with Crippen LogP contribution in [-0.4, -0.2) is 19.7 Å². The SMILES string of the molecule is CCOc1ccc([NH2+]CC2=CC[NH2+]C=C2)cc1. The van der Waals surface area contributed by atoms with E-state index in [4.69, 9.17) is 4.74 Å². The summed E-state index contributed by atoms with van der Waals surface area (Å²) in [5.41, 5.74) is 2.64. The van der Waals surface area contributed by atoms with E-state index in [2.05, 4.69) is 41.1 Å². The van der Waals surface area contributed by atoms with Crippen LogP contribution in [0.1, 0.15) is 6.92 Å². The van der Waals surface area contributed by atoms with Crippen LogP contribution < -0.4 is 15.4 Å². The molecular weight excluding hydrogens is 212 g/mol. The van der Waals surface area contributed by atoms with Crippen molar-refractivity contribution in [2.45, 2.75) is 6.92 Å². The second-order valence-electron chi connectivity index (χ2n) is 4.02. The van der Waals surface area contributed by atoms with Gasteiger partial charge in [-0.3, -0.25) is 0 Å². The number of hydrogen-bond acceptors (Lipinski definition) is 1. The van der Waals surface area contributed by atoms with Crippen molar-refractivity contribution in [2.24, 2.45) is 0 Å². The van der Waals surface area contributed by atoms with Gasteiger partial charge in [0.1, 0.15) is 18.0 Å². The Morgan fingerprint density at radius 3 is 2.76 bits per heavy atom. The van der Waals surface area contributed by atoms with E-state index >= 15 is 0 Å². The zero-order valence-corrected chi connectivity index (χ0v) is 10.2. The summed E-state index contributed by atoms with van der Waals surface area (Å²) in [7, 11) is 0. The van der Waals surface area contributed by atoms with Crippen LogP contribution in [0.15, 0.2) is 48.2 Å². The summed E-state index contributed by atoms with van der Waals surface area (Å²) in [6.07, 6.45) is 6.57. The quantitative estimate of drug-likeness (QED) is 0.704. The van der Waals surface area contributed by atoms with Crippen molar-refractivity contribution < 1.29 is 15.4 Å². The zero-order valence-electron chi connectivity index (χ0n) is 10.2. The van der Waals surface area contributed by atoms with Crippen LogP contribution in [0.25, 0.3) is 0 Å². The van der Waals surface area contributed by atoms with Crippen molar-refractivity contribution in [3.05, 3.63) is 48.2 Å². The Morgan fingerprint density at radius 2 is 2.12 bits per heavy atom. The third-order valence-corrected chi connectivity index (χ3v) is 2.73. The maximum absolute atomic E-state index is 5.41. The smallest absolute Gasteiger partial charge is 0.130 e. The molecule has 17 heavy (non-hydrogen) atoms. The molecule has 0 unspecified atom stereocenters. The molecule has 1 aliphatic rings. The third-order valence-electron chi connectivity index (χ3n) is 2.73. The van der Waals surface area contributed by atoms with Gasteiger partial charge < -0.3 is 15.4 Å². The Kier molecular flexibility index (Phi) is 4.36. The van der Waals surface area contributed by atoms with E-state index < -0.39 is 0 Å². The largest absolute Gasteiger partial charge is 0.494 e. The van der Waals surface area contributed by atoms with Crippen LogP contribution in [0.2, 0.25) is 0 Å². The summed E-state index contributed by atoms with van der Waals surface area (Å²) in [5, 5.41) is 4.41. The Bertz CT molecular complexity index is 407. The van der Waals surface area contributed by atoms with Crippen LogP contribution in [0, 0.1) is 0 Å². The first-order valence-corrected chi connectivity index (χ1v) is 6.13. The highest BCUT2D eigenvalue weighted by Gasteiger charge is 2.03. The van der Waals surface area contributed by atoms with E-state index in [-0.39, 0.29) is 0 Å². The van der Waals surface area contributed by atoms with Crippen molar-refractivity contribution in [1.82, 2.24) is 0 Å². The molecule has 90 valence electrons. The van der Waals surface area contributed by atoms with Gasteiger partial charge in [-0.15, -0.1) is 0 Å². The van der Waals surface area contributed by atoms with Crippen molar-refractivity contribution in [3.63, 3.8) is 0 Å². The second-order valence-corrected chi connectivity index (χ2v) is 4.02. The van der Waals surface area contributed by atoms with Crippen LogP contribution in [0.3, 0.4) is 0 Å². The first-order valence-electron chi connectivity index (χ1n) is 6.13. The van der Waals surface area contributed by atoms with Gasteiger partial charge in [0, 0.05) is 17.7 Å². The van der Waals surface area contributed by atoms with Crippen molar-refractivity contribution in [1.29, 1.82) is 0 Å². The molecule has 2 rings (SSSR count). The minimum Gasteiger partial charge on any atom is -0.494 e. The molecule has 0 atom stereocenters. The molecule has 1 aliphatic heterocycles. The maximum Gasteiger partial charge on any atom is 0.130 e. The molecule has 0 spiro atoms. The summed E-state index contributed by atoms with van der Waals surface area (Å²) < 4.78 is 5.41. The molecule has 0 saturated heterocycles. The highest BCUT2D eigenvalue weighted by Crippen LogP contribution is 2.12. The number of hydrogen-bond donors (Lipinski definition) is 2. The normalized spacial score (nSPS) is 14.5. The molecular formula is C14H20N2O+2. The van der Waals surface area contributed by atoms with Gasteiger partial charge in [-0.25, -0.2) is 0 Å². The second kappa shape index (κ2) is 6.23. The lowest BCUT2D eigenvalue weighted by Gasteiger charge is -2.06. The molecule has 0 radical (unpaired) electrons. The number of nitrogens with two attached hydrogens (primary N) is 2. The zero-order chi connectivity index (χ0) is 11.9. The van der Waals surface area contributed by atoms with Crippen molar-refractivity contribution in [2.75, 3.05) is 19.7 Å². The molecule has 0 aliphatic carbocycles. The molecule has 3 heteroatoms. The van der Waals surface area contributed by atoms with Gasteiger partial charge in [-0.2, -0.15) is 0 Å². The van der Waals surface area contributed by atoms with Crippen molar-refractivity contribution in [3.8, 4) is 5.75 Å². The number of benzene rings is 1. The summed E-state index contributed by atoms with van der Waals surface area (Å²) in [6.45, 7) is 4.78. The lowest BCUT2D eigenvalue weighted by molar-refractivity contribution is -0.581. The first kappa shape index (κ1) is 11.9. The molecule has 1 heterocycles. The van der Waals surface area contributed by atoms with Gasteiger partial charge in [0.05, 0.1) is 19.4 Å². The number of quaternary nitrogens is 2. The predicted molar refractivity (Wildman–Crippen MR) is 68.1 cm³/mol. The van der Waals surface area contributed by atoms with Crippen LogP contribution >= 0.6 is 0 Å². The molecule has 4 N–H and O–H groups in total. The Hall–Kier alpha value is -1.58. The fourth-order valence-electron chi connectivity index (χ4n) is 1.81. The standard InChI is InChI=1S/C14H18N2O/c1-2-17-14-5-3-13(4-6-14)16-11-12-7-9-15-10-8-12/h3-9,15-16H,2,10-11H2,1H3/p+2. The van der Waals surface area contributed by atoms with Crippen molar-refractivity contribution >= 4 is 5.69 Å². The summed E-state index contributed by atoms with van der Waals surface area (Å²) in [5.74, 6) is 0.941. The molecule has 0 fully saturated rings.